The van der Waals surface area contributed by atoms with Crippen LogP contribution in [0.4, 0.5) is 0 Å². The Morgan fingerprint density at radius 1 is 1.07 bits per heavy atom. The summed E-state index contributed by atoms with van der Waals surface area (Å²) in [4.78, 5) is 17.4. The fourth-order valence-corrected chi connectivity index (χ4v) is 3.53. The molecule has 0 radical (unpaired) electrons. The molecule has 0 bridgehead atoms. The highest BCUT2D eigenvalue weighted by atomic mass is 16.5. The van der Waals surface area contributed by atoms with E-state index in [1.807, 2.05) is 74.5 Å². The Kier molecular flexibility index (Phi) is 4.98. The van der Waals surface area contributed by atoms with Crippen LogP contribution in [0.15, 0.2) is 60.7 Å². The van der Waals surface area contributed by atoms with Crippen LogP contribution in [0, 0.1) is 6.92 Å². The molecule has 1 amide bonds. The number of ether oxygens (including phenoxy) is 1. The minimum atomic E-state index is -0.128. The lowest BCUT2D eigenvalue weighted by Gasteiger charge is -2.13. The molecule has 5 heteroatoms. The van der Waals surface area contributed by atoms with Gasteiger partial charge in [0.1, 0.15) is 11.6 Å². The zero-order valence-electron chi connectivity index (χ0n) is 16.1. The molecule has 0 aliphatic carbocycles. The second-order valence-corrected chi connectivity index (χ2v) is 6.68. The average Bonchev–Trinajstić information content (AvgIpc) is 3.03. The number of rotatable bonds is 6. The zero-order valence-corrected chi connectivity index (χ0v) is 16.1. The van der Waals surface area contributed by atoms with Gasteiger partial charge in [0.2, 0.25) is 0 Å². The molecule has 142 valence electrons. The van der Waals surface area contributed by atoms with Crippen LogP contribution in [0.25, 0.3) is 21.8 Å². The van der Waals surface area contributed by atoms with Crippen LogP contribution in [-0.4, -0.2) is 28.6 Å². The maximum atomic E-state index is 12.8. The minimum Gasteiger partial charge on any atom is -0.493 e. The Bertz CT molecular complexity index is 1150. The Labute approximate surface area is 164 Å². The lowest BCUT2D eigenvalue weighted by Crippen LogP contribution is -2.28. The summed E-state index contributed by atoms with van der Waals surface area (Å²) in [5, 5.41) is 5.10. The third-order valence-electron chi connectivity index (χ3n) is 4.86. The number of hydrogen-bond donors (Lipinski definition) is 1. The number of carbonyl (C=O) groups is 1. The molecule has 0 fully saturated rings. The van der Waals surface area contributed by atoms with Crippen LogP contribution in [0.1, 0.15) is 23.1 Å². The SMILES string of the molecule is CCOc1cc2ccccc2cc1C(=O)NCCn1c(C)nc2ccccc21. The lowest BCUT2D eigenvalue weighted by atomic mass is 10.1. The van der Waals surface area contributed by atoms with Gasteiger partial charge in [-0.3, -0.25) is 4.79 Å². The van der Waals surface area contributed by atoms with Gasteiger partial charge in [-0.25, -0.2) is 4.98 Å². The molecule has 1 N–H and O–H groups in total. The fraction of sp³-hybridized carbons (Fsp3) is 0.217. The van der Waals surface area contributed by atoms with E-state index in [0.717, 1.165) is 27.6 Å². The second-order valence-electron chi connectivity index (χ2n) is 6.68. The van der Waals surface area contributed by atoms with E-state index >= 15 is 0 Å². The van der Waals surface area contributed by atoms with Crippen molar-refractivity contribution in [3.05, 3.63) is 72.1 Å². The molecule has 0 spiro atoms. The Morgan fingerprint density at radius 2 is 1.79 bits per heavy atom. The van der Waals surface area contributed by atoms with Crippen LogP contribution < -0.4 is 10.1 Å². The van der Waals surface area contributed by atoms with Crippen molar-refractivity contribution in [2.24, 2.45) is 0 Å². The van der Waals surface area contributed by atoms with Crippen LogP contribution in [0.5, 0.6) is 5.75 Å². The van der Waals surface area contributed by atoms with E-state index in [1.54, 1.807) is 0 Å². The first-order chi connectivity index (χ1) is 13.7. The largest absolute Gasteiger partial charge is 0.493 e. The molecule has 28 heavy (non-hydrogen) atoms. The molecule has 4 rings (SSSR count). The summed E-state index contributed by atoms with van der Waals surface area (Å²) in [6.45, 7) is 5.59. The number of nitrogens with one attached hydrogen (secondary N) is 1. The number of fused-ring (bicyclic) bond motifs is 2. The highest BCUT2D eigenvalue weighted by molar-refractivity contribution is 6.01. The maximum absolute atomic E-state index is 12.8. The first kappa shape index (κ1) is 18.0. The number of imidazole rings is 1. The summed E-state index contributed by atoms with van der Waals surface area (Å²) in [6.07, 6.45) is 0. The maximum Gasteiger partial charge on any atom is 0.255 e. The van der Waals surface area contributed by atoms with E-state index in [0.29, 0.717) is 31.0 Å². The van der Waals surface area contributed by atoms with Crippen LogP contribution in [0.2, 0.25) is 0 Å². The summed E-state index contributed by atoms with van der Waals surface area (Å²) < 4.78 is 7.84. The number of nitrogens with zero attached hydrogens (tertiary/aromatic N) is 2. The summed E-state index contributed by atoms with van der Waals surface area (Å²) in [7, 11) is 0. The standard InChI is InChI=1S/C23H23N3O2/c1-3-28-22-15-18-9-5-4-8-17(18)14-19(22)23(27)24-12-13-26-16(2)25-20-10-6-7-11-21(20)26/h4-11,14-15H,3,12-13H2,1-2H3,(H,24,27). The number of hydrogen-bond acceptors (Lipinski definition) is 3. The van der Waals surface area contributed by atoms with Crippen LogP contribution >= 0.6 is 0 Å². The van der Waals surface area contributed by atoms with Gasteiger partial charge >= 0.3 is 0 Å². The second kappa shape index (κ2) is 7.72. The van der Waals surface area contributed by atoms with Crippen molar-refractivity contribution in [3.63, 3.8) is 0 Å². The molecule has 4 aromatic rings. The molecule has 0 atom stereocenters. The average molecular weight is 373 g/mol. The van der Waals surface area contributed by atoms with Crippen molar-refractivity contribution in [3.8, 4) is 5.75 Å². The highest BCUT2D eigenvalue weighted by Gasteiger charge is 2.14. The summed E-state index contributed by atoms with van der Waals surface area (Å²) in [5.41, 5.74) is 2.61. The van der Waals surface area contributed by atoms with Gasteiger partial charge in [-0.15, -0.1) is 0 Å². The molecule has 5 nitrogen and oxygen atoms in total. The first-order valence-corrected chi connectivity index (χ1v) is 9.53. The fourth-order valence-electron chi connectivity index (χ4n) is 3.53. The van der Waals surface area contributed by atoms with Gasteiger partial charge in [0.05, 0.1) is 23.2 Å². The molecule has 1 aromatic heterocycles. The van der Waals surface area contributed by atoms with Gasteiger partial charge in [0, 0.05) is 13.1 Å². The van der Waals surface area contributed by atoms with Crippen molar-refractivity contribution >= 4 is 27.7 Å². The van der Waals surface area contributed by atoms with E-state index in [4.69, 9.17) is 4.74 Å². The minimum absolute atomic E-state index is 0.128. The van der Waals surface area contributed by atoms with Crippen LogP contribution in [-0.2, 0) is 6.54 Å². The highest BCUT2D eigenvalue weighted by Crippen LogP contribution is 2.26. The van der Waals surface area contributed by atoms with Crippen molar-refractivity contribution in [2.75, 3.05) is 13.2 Å². The van der Waals surface area contributed by atoms with Gasteiger partial charge in [-0.2, -0.15) is 0 Å². The number of benzene rings is 3. The third-order valence-corrected chi connectivity index (χ3v) is 4.86. The topological polar surface area (TPSA) is 56.1 Å². The third kappa shape index (κ3) is 3.43. The smallest absolute Gasteiger partial charge is 0.255 e. The summed E-state index contributed by atoms with van der Waals surface area (Å²) in [6, 6.07) is 19.8. The van der Waals surface area contributed by atoms with E-state index in [-0.39, 0.29) is 5.91 Å². The van der Waals surface area contributed by atoms with E-state index < -0.39 is 0 Å². The van der Waals surface area contributed by atoms with Crippen molar-refractivity contribution in [2.45, 2.75) is 20.4 Å². The Balaban J connectivity index is 1.53. The number of aromatic nitrogens is 2. The van der Waals surface area contributed by atoms with Crippen molar-refractivity contribution < 1.29 is 9.53 Å². The molecular formula is C23H23N3O2. The number of amides is 1. The quantitative estimate of drug-likeness (QED) is 0.547. The predicted octanol–water partition coefficient (Wildman–Crippen LogP) is 4.33. The van der Waals surface area contributed by atoms with Crippen molar-refractivity contribution in [1.29, 1.82) is 0 Å². The van der Waals surface area contributed by atoms with Gasteiger partial charge in [-0.05, 0) is 48.9 Å². The van der Waals surface area contributed by atoms with Gasteiger partial charge in [-0.1, -0.05) is 36.4 Å². The first-order valence-electron chi connectivity index (χ1n) is 9.53. The molecular weight excluding hydrogens is 350 g/mol. The summed E-state index contributed by atoms with van der Waals surface area (Å²) in [5.74, 6) is 1.43. The number of carbonyl (C=O) groups excluding carboxylic acids is 1. The normalized spacial score (nSPS) is 11.1. The monoisotopic (exact) mass is 373 g/mol. The molecule has 1 heterocycles. The molecule has 0 aliphatic rings. The van der Waals surface area contributed by atoms with E-state index in [1.165, 1.54) is 0 Å². The predicted molar refractivity (Wildman–Crippen MR) is 112 cm³/mol. The van der Waals surface area contributed by atoms with Gasteiger partial charge < -0.3 is 14.6 Å². The Morgan fingerprint density at radius 3 is 2.57 bits per heavy atom. The molecule has 0 saturated heterocycles. The van der Waals surface area contributed by atoms with E-state index in [9.17, 15) is 4.79 Å². The van der Waals surface area contributed by atoms with Crippen LogP contribution in [0.3, 0.4) is 0 Å². The molecule has 0 saturated carbocycles. The zero-order chi connectivity index (χ0) is 19.5. The van der Waals surface area contributed by atoms with Gasteiger partial charge in [0.25, 0.3) is 5.91 Å². The number of para-hydroxylation sites is 2. The lowest BCUT2D eigenvalue weighted by molar-refractivity contribution is 0.0948. The van der Waals surface area contributed by atoms with E-state index in [2.05, 4.69) is 14.9 Å². The molecule has 3 aromatic carbocycles. The van der Waals surface area contributed by atoms with Crippen molar-refractivity contribution in [1.82, 2.24) is 14.9 Å². The molecule has 0 unspecified atom stereocenters. The van der Waals surface area contributed by atoms with Gasteiger partial charge in [0.15, 0.2) is 0 Å². The molecule has 0 aliphatic heterocycles. The Hall–Kier alpha value is -3.34. The summed E-state index contributed by atoms with van der Waals surface area (Å²) >= 11 is 0. The number of aryl methyl sites for hydroxylation is 1.